The molecule has 2 rings (SSSR count). The van der Waals surface area contributed by atoms with Crippen molar-refractivity contribution in [2.24, 2.45) is 0 Å². The van der Waals surface area contributed by atoms with Crippen LogP contribution < -0.4 is 0 Å². The van der Waals surface area contributed by atoms with Crippen LogP contribution in [0.2, 0.25) is 0 Å². The molecule has 0 atom stereocenters. The number of benzene rings is 2. The molecule has 0 radical (unpaired) electrons. The number of fused-ring (bicyclic) bond motifs is 1. The third kappa shape index (κ3) is 2.36. The minimum Gasteiger partial charge on any atom is -0.106 e. The van der Waals surface area contributed by atoms with E-state index in [1.54, 1.807) is 0 Å². The van der Waals surface area contributed by atoms with Gasteiger partial charge in [-0.2, -0.15) is 0 Å². The van der Waals surface area contributed by atoms with E-state index in [2.05, 4.69) is 63.6 Å². The van der Waals surface area contributed by atoms with E-state index in [1.165, 1.54) is 21.9 Å². The Bertz CT molecular complexity index is 547. The molecule has 0 nitrogen and oxygen atoms in total. The lowest BCUT2D eigenvalue weighted by Gasteiger charge is -2.09. The minimum absolute atomic E-state index is 1.15. The molecular weight excluding hydrogens is 204 g/mol. The van der Waals surface area contributed by atoms with E-state index < -0.39 is 0 Å². The highest BCUT2D eigenvalue weighted by Crippen LogP contribution is 2.27. The van der Waals surface area contributed by atoms with E-state index in [-0.39, 0.29) is 0 Å². The number of hydrogen-bond donors (Lipinski definition) is 0. The monoisotopic (exact) mass is 222 g/mol. The van der Waals surface area contributed by atoms with Gasteiger partial charge in [0.05, 0.1) is 0 Å². The molecule has 17 heavy (non-hydrogen) atoms. The van der Waals surface area contributed by atoms with Crippen molar-refractivity contribution >= 4 is 22.9 Å². The summed E-state index contributed by atoms with van der Waals surface area (Å²) >= 11 is 0. The Morgan fingerprint density at radius 2 is 1.53 bits per heavy atom. The average molecular weight is 222 g/mol. The standard InChI is InChI=1S/C15H14.C2H4/c1-4-12-10-11(3)14-8-6-7-9-15(14)13(12)5-2;1-2/h4-10H,1-2H2,3H3;1-2H2. The molecule has 0 spiro atoms. The van der Waals surface area contributed by atoms with Crippen LogP contribution in [0, 0.1) is 6.92 Å². The smallest absolute Gasteiger partial charge is 0.0103 e. The highest BCUT2D eigenvalue weighted by molar-refractivity contribution is 5.95. The highest BCUT2D eigenvalue weighted by atomic mass is 14.1. The molecular formula is C17H18. The fourth-order valence-electron chi connectivity index (χ4n) is 2.00. The van der Waals surface area contributed by atoms with Crippen LogP contribution in [-0.4, -0.2) is 0 Å². The Kier molecular flexibility index (Phi) is 4.47. The summed E-state index contributed by atoms with van der Waals surface area (Å²) in [5.41, 5.74) is 3.61. The van der Waals surface area contributed by atoms with E-state index in [9.17, 15) is 0 Å². The molecule has 0 aliphatic heterocycles. The first-order chi connectivity index (χ1) is 8.27. The maximum absolute atomic E-state index is 3.87. The van der Waals surface area contributed by atoms with Crippen LogP contribution in [0.25, 0.3) is 22.9 Å². The van der Waals surface area contributed by atoms with Crippen molar-refractivity contribution in [3.63, 3.8) is 0 Å². The Morgan fingerprint density at radius 3 is 2.06 bits per heavy atom. The normalized spacial score (nSPS) is 9.24. The molecule has 0 aliphatic carbocycles. The van der Waals surface area contributed by atoms with E-state index in [0.29, 0.717) is 0 Å². The fraction of sp³-hybridized carbons (Fsp3) is 0.0588. The maximum Gasteiger partial charge on any atom is -0.0103 e. The molecule has 86 valence electrons. The Labute approximate surface area is 104 Å². The molecule has 0 saturated carbocycles. The zero-order chi connectivity index (χ0) is 12.8. The van der Waals surface area contributed by atoms with Crippen molar-refractivity contribution < 1.29 is 0 Å². The molecule has 0 unspecified atom stereocenters. The highest BCUT2D eigenvalue weighted by Gasteiger charge is 2.04. The van der Waals surface area contributed by atoms with Crippen LogP contribution in [0.4, 0.5) is 0 Å². The van der Waals surface area contributed by atoms with Gasteiger partial charge < -0.3 is 0 Å². The zero-order valence-electron chi connectivity index (χ0n) is 10.4. The van der Waals surface area contributed by atoms with Crippen molar-refractivity contribution in [2.45, 2.75) is 6.92 Å². The Hall–Kier alpha value is -2.08. The molecule has 0 heteroatoms. The van der Waals surface area contributed by atoms with Gasteiger partial charge in [0.15, 0.2) is 0 Å². The van der Waals surface area contributed by atoms with Crippen molar-refractivity contribution in [3.8, 4) is 0 Å². The van der Waals surface area contributed by atoms with Crippen LogP contribution in [0.15, 0.2) is 56.6 Å². The van der Waals surface area contributed by atoms with Crippen molar-refractivity contribution in [3.05, 3.63) is 73.3 Å². The van der Waals surface area contributed by atoms with Gasteiger partial charge in [-0.05, 0) is 34.4 Å². The zero-order valence-corrected chi connectivity index (χ0v) is 10.4. The summed E-state index contributed by atoms with van der Waals surface area (Å²) in [6.45, 7) is 15.8. The van der Waals surface area contributed by atoms with Crippen LogP contribution >= 0.6 is 0 Å². The van der Waals surface area contributed by atoms with Gasteiger partial charge in [-0.25, -0.2) is 0 Å². The molecule has 0 bridgehead atoms. The van der Waals surface area contributed by atoms with Gasteiger partial charge in [-0.15, -0.1) is 13.2 Å². The maximum atomic E-state index is 3.87. The first-order valence-electron chi connectivity index (χ1n) is 5.55. The summed E-state index contributed by atoms with van der Waals surface area (Å²) in [5.74, 6) is 0. The molecule has 2 aromatic rings. The molecule has 0 fully saturated rings. The van der Waals surface area contributed by atoms with Crippen LogP contribution in [0.1, 0.15) is 16.7 Å². The van der Waals surface area contributed by atoms with Gasteiger partial charge in [0, 0.05) is 0 Å². The molecule has 0 heterocycles. The summed E-state index contributed by atoms with van der Waals surface area (Å²) in [6.07, 6.45) is 3.79. The van der Waals surface area contributed by atoms with Gasteiger partial charge in [-0.3, -0.25) is 0 Å². The third-order valence-corrected chi connectivity index (χ3v) is 2.75. The van der Waals surface area contributed by atoms with E-state index in [1.807, 2.05) is 12.2 Å². The summed E-state index contributed by atoms with van der Waals surface area (Å²) in [7, 11) is 0. The first kappa shape index (κ1) is 13.0. The number of rotatable bonds is 2. The van der Waals surface area contributed by atoms with Crippen molar-refractivity contribution in [1.29, 1.82) is 0 Å². The lowest BCUT2D eigenvalue weighted by Crippen LogP contribution is -1.87. The van der Waals surface area contributed by atoms with Crippen molar-refractivity contribution in [1.82, 2.24) is 0 Å². The largest absolute Gasteiger partial charge is 0.106 e. The molecule has 2 aromatic carbocycles. The second-order valence-corrected chi connectivity index (χ2v) is 3.65. The summed E-state index contributed by atoms with van der Waals surface area (Å²) in [5, 5.41) is 2.54. The number of hydrogen-bond acceptors (Lipinski definition) is 0. The third-order valence-electron chi connectivity index (χ3n) is 2.75. The molecule has 0 saturated heterocycles. The van der Waals surface area contributed by atoms with Crippen LogP contribution in [-0.2, 0) is 0 Å². The average Bonchev–Trinajstić information content (AvgIpc) is 2.41. The quantitative estimate of drug-likeness (QED) is 0.610. The molecule has 0 N–H and O–H groups in total. The Balaban J connectivity index is 0.000000686. The van der Waals surface area contributed by atoms with Gasteiger partial charge in [0.25, 0.3) is 0 Å². The van der Waals surface area contributed by atoms with Gasteiger partial charge in [0.2, 0.25) is 0 Å². The summed E-state index contributed by atoms with van der Waals surface area (Å²) in [4.78, 5) is 0. The van der Waals surface area contributed by atoms with Gasteiger partial charge in [0.1, 0.15) is 0 Å². The second kappa shape index (κ2) is 5.86. The predicted molar refractivity (Wildman–Crippen MR) is 80.1 cm³/mol. The summed E-state index contributed by atoms with van der Waals surface area (Å²) in [6, 6.07) is 10.6. The van der Waals surface area contributed by atoms with Crippen molar-refractivity contribution in [2.75, 3.05) is 0 Å². The fourth-order valence-corrected chi connectivity index (χ4v) is 2.00. The second-order valence-electron chi connectivity index (χ2n) is 3.65. The SMILES string of the molecule is C=C.C=Cc1cc(C)c2ccccc2c1C=C. The minimum atomic E-state index is 1.15. The Morgan fingerprint density at radius 1 is 0.941 bits per heavy atom. The number of aryl methyl sites for hydroxylation is 1. The first-order valence-corrected chi connectivity index (χ1v) is 5.55. The predicted octanol–water partition coefficient (Wildman–Crippen LogP) is 5.24. The lowest BCUT2D eigenvalue weighted by molar-refractivity contribution is 1.50. The van der Waals surface area contributed by atoms with Gasteiger partial charge >= 0.3 is 0 Å². The molecule has 0 aliphatic rings. The van der Waals surface area contributed by atoms with E-state index >= 15 is 0 Å². The van der Waals surface area contributed by atoms with Crippen LogP contribution in [0.3, 0.4) is 0 Å². The van der Waals surface area contributed by atoms with Crippen LogP contribution in [0.5, 0.6) is 0 Å². The van der Waals surface area contributed by atoms with Gasteiger partial charge in [-0.1, -0.05) is 55.6 Å². The lowest BCUT2D eigenvalue weighted by atomic mass is 9.95. The summed E-state index contributed by atoms with van der Waals surface area (Å²) < 4.78 is 0. The van der Waals surface area contributed by atoms with E-state index in [0.717, 1.165) is 5.56 Å². The molecule has 0 aromatic heterocycles. The molecule has 0 amide bonds. The van der Waals surface area contributed by atoms with E-state index in [4.69, 9.17) is 0 Å². The topological polar surface area (TPSA) is 0 Å².